The SMILES string of the molecule is CCC(=O)O[C@@H]1[C@@H]2[C@@H](OC(C)=O)[C@@]34CO[C@@](C)([C@H](OC(=O)c5ccccc5)[C@@]2(OC(C)=O)C[C@@H]1C)[C@@H]3[C@@H]1[C@H](C[C@H]4OC(C)=O)C1(C)C. The van der Waals surface area contributed by atoms with Gasteiger partial charge in [0.1, 0.15) is 23.9 Å². The van der Waals surface area contributed by atoms with Crippen LogP contribution in [-0.2, 0) is 47.6 Å². The van der Waals surface area contributed by atoms with Crippen LogP contribution >= 0.6 is 0 Å². The first-order valence-electron chi connectivity index (χ1n) is 16.7. The molecule has 256 valence electrons. The zero-order chi connectivity index (χ0) is 34.3. The Bertz CT molecular complexity index is 1470. The maximum atomic E-state index is 14.0. The van der Waals surface area contributed by atoms with Gasteiger partial charge in [-0.3, -0.25) is 19.2 Å². The molecule has 0 N–H and O–H groups in total. The van der Waals surface area contributed by atoms with E-state index in [0.717, 1.165) is 0 Å². The van der Waals surface area contributed by atoms with E-state index in [1.54, 1.807) is 37.3 Å². The summed E-state index contributed by atoms with van der Waals surface area (Å²) in [5.41, 5.74) is -4.02. The monoisotopic (exact) mass is 654 g/mol. The largest absolute Gasteiger partial charge is 0.462 e. The van der Waals surface area contributed by atoms with E-state index in [1.807, 2.05) is 13.8 Å². The molecule has 1 aromatic rings. The number of rotatable bonds is 7. The highest BCUT2D eigenvalue weighted by Crippen LogP contribution is 2.79. The lowest BCUT2D eigenvalue weighted by Crippen LogP contribution is -2.64. The lowest BCUT2D eigenvalue weighted by Gasteiger charge is -2.50. The molecule has 0 unspecified atom stereocenters. The molecule has 11 heteroatoms. The number of esters is 5. The van der Waals surface area contributed by atoms with Gasteiger partial charge in [-0.1, -0.05) is 45.9 Å². The number of benzene rings is 1. The number of hydrogen-bond acceptors (Lipinski definition) is 11. The van der Waals surface area contributed by atoms with Crippen molar-refractivity contribution in [3.63, 3.8) is 0 Å². The summed E-state index contributed by atoms with van der Waals surface area (Å²) in [6, 6.07) is 8.52. The molecule has 1 heterocycles. The Kier molecular flexibility index (Phi) is 8.05. The Hall–Kier alpha value is -3.47. The number of hydrogen-bond donors (Lipinski definition) is 0. The first-order valence-corrected chi connectivity index (χ1v) is 16.7. The minimum atomic E-state index is -1.65. The van der Waals surface area contributed by atoms with Gasteiger partial charge in [0.25, 0.3) is 0 Å². The summed E-state index contributed by atoms with van der Waals surface area (Å²) >= 11 is 0. The number of carbonyl (C=O) groups excluding carboxylic acids is 5. The fourth-order valence-electron chi connectivity index (χ4n) is 10.5. The van der Waals surface area contributed by atoms with Crippen LogP contribution in [0.3, 0.4) is 0 Å². The van der Waals surface area contributed by atoms with Crippen molar-refractivity contribution in [3.05, 3.63) is 35.9 Å². The van der Waals surface area contributed by atoms with Crippen molar-refractivity contribution in [1.82, 2.24) is 0 Å². The summed E-state index contributed by atoms with van der Waals surface area (Å²) in [6.07, 6.45) is -3.26. The Labute approximate surface area is 275 Å². The summed E-state index contributed by atoms with van der Waals surface area (Å²) in [5.74, 6) is -4.61. The first kappa shape index (κ1) is 33.4. The molecule has 11 nitrogen and oxygen atoms in total. The third-order valence-electron chi connectivity index (χ3n) is 12.1. The lowest BCUT2D eigenvalue weighted by atomic mass is 9.57. The molecule has 4 aliphatic carbocycles. The van der Waals surface area contributed by atoms with Gasteiger partial charge in [-0.05, 0) is 55.1 Å². The molecule has 0 radical (unpaired) electrons. The average molecular weight is 655 g/mol. The average Bonchev–Trinajstić information content (AvgIpc) is 3.24. The zero-order valence-corrected chi connectivity index (χ0v) is 28.4. The van der Waals surface area contributed by atoms with E-state index < -0.39 is 88.6 Å². The van der Waals surface area contributed by atoms with E-state index in [0.29, 0.717) is 12.0 Å². The highest BCUT2D eigenvalue weighted by molar-refractivity contribution is 5.89. The van der Waals surface area contributed by atoms with Crippen molar-refractivity contribution in [1.29, 1.82) is 0 Å². The third kappa shape index (κ3) is 4.89. The molecule has 5 aliphatic rings. The molecule has 0 aromatic heterocycles. The van der Waals surface area contributed by atoms with E-state index in [4.69, 9.17) is 28.4 Å². The molecule has 1 aromatic carbocycles. The van der Waals surface area contributed by atoms with Gasteiger partial charge < -0.3 is 28.4 Å². The topological polar surface area (TPSA) is 141 Å². The summed E-state index contributed by atoms with van der Waals surface area (Å²) in [4.78, 5) is 66.2. The summed E-state index contributed by atoms with van der Waals surface area (Å²) < 4.78 is 38.5. The fraction of sp³-hybridized carbons (Fsp3) is 0.694. The van der Waals surface area contributed by atoms with Crippen molar-refractivity contribution >= 4 is 29.8 Å². The van der Waals surface area contributed by atoms with Crippen LogP contribution in [0.2, 0.25) is 0 Å². The maximum Gasteiger partial charge on any atom is 0.338 e. The Morgan fingerprint density at radius 3 is 2.13 bits per heavy atom. The van der Waals surface area contributed by atoms with Gasteiger partial charge >= 0.3 is 29.8 Å². The molecule has 47 heavy (non-hydrogen) atoms. The second-order valence-corrected chi connectivity index (χ2v) is 15.1. The van der Waals surface area contributed by atoms with Gasteiger partial charge in [-0.2, -0.15) is 0 Å². The Morgan fingerprint density at radius 2 is 1.53 bits per heavy atom. The van der Waals surface area contributed by atoms with E-state index in [-0.39, 0.29) is 36.7 Å². The highest BCUT2D eigenvalue weighted by Gasteiger charge is 2.86. The van der Waals surface area contributed by atoms with Crippen molar-refractivity contribution in [2.75, 3.05) is 6.61 Å². The molecule has 12 atom stereocenters. The van der Waals surface area contributed by atoms with Crippen LogP contribution in [0.5, 0.6) is 0 Å². The molecule has 1 saturated heterocycles. The molecule has 1 aliphatic heterocycles. The molecule has 0 spiro atoms. The second kappa shape index (κ2) is 11.3. The van der Waals surface area contributed by atoms with Crippen molar-refractivity contribution < 1.29 is 52.4 Å². The quantitative estimate of drug-likeness (QED) is 0.305. The van der Waals surface area contributed by atoms with Crippen LogP contribution in [0.1, 0.15) is 85.0 Å². The maximum absolute atomic E-state index is 14.0. The van der Waals surface area contributed by atoms with Crippen LogP contribution in [0.4, 0.5) is 0 Å². The third-order valence-corrected chi connectivity index (χ3v) is 12.1. The van der Waals surface area contributed by atoms with Gasteiger partial charge in [0.15, 0.2) is 11.7 Å². The lowest BCUT2D eigenvalue weighted by molar-refractivity contribution is -0.240. The van der Waals surface area contributed by atoms with Gasteiger partial charge in [0, 0.05) is 33.1 Å². The van der Waals surface area contributed by atoms with Crippen molar-refractivity contribution in [3.8, 4) is 0 Å². The predicted octanol–water partition coefficient (Wildman–Crippen LogP) is 4.44. The standard InChI is InChI=1S/C36H46O11/c1-9-25(40)45-28-18(2)16-36(47-21(5)39)27(28)30(44-20(4)38)35-17-42-34(8,32(36)46-31(41)22-13-11-10-12-14-22)29(35)26-23(33(26,6)7)15-24(35)43-19(3)37/h10-14,18,23-24,26-30,32H,9,15-17H2,1-8H3/t18-,23-,24+,26-,27+,28-,29-,30+,32-,34+,35+,36+/m0/s1. The number of fused-ring (bicyclic) bond motifs is 2. The van der Waals surface area contributed by atoms with Crippen LogP contribution in [-0.4, -0.2) is 72.1 Å². The minimum absolute atomic E-state index is 0.0000591. The second-order valence-electron chi connectivity index (χ2n) is 15.1. The van der Waals surface area contributed by atoms with Gasteiger partial charge in [0.2, 0.25) is 0 Å². The smallest absolute Gasteiger partial charge is 0.338 e. The summed E-state index contributed by atoms with van der Waals surface area (Å²) in [5, 5.41) is 0. The zero-order valence-electron chi connectivity index (χ0n) is 28.4. The van der Waals surface area contributed by atoms with E-state index in [2.05, 4.69) is 13.8 Å². The van der Waals surface area contributed by atoms with Crippen molar-refractivity contribution in [2.45, 2.75) is 110 Å². The normalized spacial score (nSPS) is 42.0. The minimum Gasteiger partial charge on any atom is -0.462 e. The van der Waals surface area contributed by atoms with Crippen LogP contribution in [0.15, 0.2) is 30.3 Å². The van der Waals surface area contributed by atoms with Crippen molar-refractivity contribution in [2.24, 2.45) is 40.4 Å². The van der Waals surface area contributed by atoms with E-state index >= 15 is 0 Å². The first-order chi connectivity index (χ1) is 22.0. The van der Waals surface area contributed by atoms with Gasteiger partial charge in [-0.15, -0.1) is 0 Å². The van der Waals surface area contributed by atoms with E-state index in [9.17, 15) is 24.0 Å². The van der Waals surface area contributed by atoms with Gasteiger partial charge in [-0.25, -0.2) is 4.79 Å². The van der Waals surface area contributed by atoms with Crippen LogP contribution in [0, 0.1) is 40.4 Å². The number of ether oxygens (including phenoxy) is 6. The molecule has 5 fully saturated rings. The van der Waals surface area contributed by atoms with E-state index in [1.165, 1.54) is 20.8 Å². The molecule has 4 saturated carbocycles. The van der Waals surface area contributed by atoms with Gasteiger partial charge in [0.05, 0.1) is 23.5 Å². The Morgan fingerprint density at radius 1 is 0.872 bits per heavy atom. The fourth-order valence-corrected chi connectivity index (χ4v) is 10.5. The predicted molar refractivity (Wildman–Crippen MR) is 164 cm³/mol. The summed E-state index contributed by atoms with van der Waals surface area (Å²) in [7, 11) is 0. The molecule has 2 bridgehead atoms. The molecule has 6 rings (SSSR count). The number of carbonyl (C=O) groups is 5. The highest BCUT2D eigenvalue weighted by atomic mass is 16.6. The summed E-state index contributed by atoms with van der Waals surface area (Å²) in [6.45, 7) is 13.7. The van der Waals surface area contributed by atoms with Crippen LogP contribution in [0.25, 0.3) is 0 Å². The van der Waals surface area contributed by atoms with Crippen LogP contribution < -0.4 is 0 Å². The molecular formula is C36H46O11. The molecule has 0 amide bonds. The Balaban J connectivity index is 1.66. The molecular weight excluding hydrogens is 608 g/mol.